The van der Waals surface area contributed by atoms with E-state index in [1.54, 1.807) is 6.20 Å². The highest BCUT2D eigenvalue weighted by Gasteiger charge is 2.59. The van der Waals surface area contributed by atoms with Gasteiger partial charge in [-0.05, 0) is 132 Å². The van der Waals surface area contributed by atoms with E-state index in [0.717, 1.165) is 45.0 Å². The summed E-state index contributed by atoms with van der Waals surface area (Å²) in [6, 6.07) is 79.0. The summed E-state index contributed by atoms with van der Waals surface area (Å²) in [4.78, 5) is 9.57. The van der Waals surface area contributed by atoms with Crippen molar-refractivity contribution in [3.8, 4) is 28.3 Å². The standard InChI is InChI=1S/C66H48N4/c1-42-23-31-61-57(35-42)65(58-36-43(2)24-32-62(58)69(61)48-17-9-6-10-18-48)53-19-11-13-21-55(53)66(56-22-14-12-20-54(56)65)59-37-44(3)25-33-63(59)70(64-34-26-45(4)38-60(64)66)49-29-27-47(28-30-49)52-41-68-40-51(50(52)39-67)46-15-7-5-8-16-46/h5-38,40-41H,1-4H3. The van der Waals surface area contributed by atoms with E-state index in [1.165, 1.54) is 78.1 Å². The number of aromatic nitrogens is 1. The van der Waals surface area contributed by atoms with Crippen molar-refractivity contribution in [1.82, 2.24) is 4.98 Å². The molecule has 0 unspecified atom stereocenters. The fourth-order valence-electron chi connectivity index (χ4n) is 12.4. The monoisotopic (exact) mass is 896 g/mol. The predicted molar refractivity (Wildman–Crippen MR) is 285 cm³/mol. The molecule has 13 rings (SSSR count). The van der Waals surface area contributed by atoms with Gasteiger partial charge >= 0.3 is 0 Å². The second-order valence-corrected chi connectivity index (χ2v) is 19.3. The third kappa shape index (κ3) is 5.73. The van der Waals surface area contributed by atoms with Gasteiger partial charge in [-0.1, -0.05) is 180 Å². The molecule has 0 fully saturated rings. The molecule has 0 amide bonds. The zero-order chi connectivity index (χ0) is 47.3. The van der Waals surface area contributed by atoms with Gasteiger partial charge in [-0.15, -0.1) is 0 Å². The van der Waals surface area contributed by atoms with Crippen LogP contribution in [0.5, 0.6) is 0 Å². The quantitative estimate of drug-likeness (QED) is 0.177. The second kappa shape index (κ2) is 15.6. The molecule has 1 aliphatic carbocycles. The van der Waals surface area contributed by atoms with Crippen LogP contribution in [0, 0.1) is 39.0 Å². The normalized spacial score (nSPS) is 14.2. The Balaban J connectivity index is 1.08. The van der Waals surface area contributed by atoms with E-state index in [0.29, 0.717) is 5.56 Å². The van der Waals surface area contributed by atoms with Gasteiger partial charge in [0.15, 0.2) is 0 Å². The van der Waals surface area contributed by atoms with E-state index in [2.05, 4.69) is 224 Å². The lowest BCUT2D eigenvalue weighted by Gasteiger charge is -2.56. The van der Waals surface area contributed by atoms with E-state index in [-0.39, 0.29) is 0 Å². The highest BCUT2D eigenvalue weighted by Crippen LogP contribution is 2.68. The molecule has 0 saturated carbocycles. The maximum absolute atomic E-state index is 10.6. The number of aryl methyl sites for hydroxylation is 4. The molecule has 9 aromatic carbocycles. The molecule has 3 heterocycles. The molecule has 10 aromatic rings. The third-order valence-corrected chi connectivity index (χ3v) is 15.3. The van der Waals surface area contributed by atoms with E-state index >= 15 is 0 Å². The van der Waals surface area contributed by atoms with Crippen molar-refractivity contribution < 1.29 is 0 Å². The number of hydrogen-bond acceptors (Lipinski definition) is 4. The first-order valence-electron chi connectivity index (χ1n) is 24.2. The topological polar surface area (TPSA) is 43.2 Å². The van der Waals surface area contributed by atoms with Crippen LogP contribution in [-0.2, 0) is 10.8 Å². The van der Waals surface area contributed by atoms with Gasteiger partial charge in [0.05, 0.1) is 39.1 Å². The molecule has 0 saturated heterocycles. The molecular formula is C66H48N4. The summed E-state index contributed by atoms with van der Waals surface area (Å²) in [5.74, 6) is 0. The van der Waals surface area contributed by atoms with Crippen LogP contribution in [0.4, 0.5) is 34.1 Å². The third-order valence-electron chi connectivity index (χ3n) is 15.3. The summed E-state index contributed by atoms with van der Waals surface area (Å²) >= 11 is 0. The first-order valence-corrected chi connectivity index (χ1v) is 24.2. The lowest BCUT2D eigenvalue weighted by molar-refractivity contribution is 0.606. The molecule has 1 aromatic heterocycles. The Kier molecular flexibility index (Phi) is 9.25. The second-order valence-electron chi connectivity index (χ2n) is 19.3. The van der Waals surface area contributed by atoms with Crippen LogP contribution in [0.3, 0.4) is 0 Å². The van der Waals surface area contributed by atoms with Gasteiger partial charge in [0.2, 0.25) is 0 Å². The van der Waals surface area contributed by atoms with Crippen molar-refractivity contribution in [3.05, 3.63) is 291 Å². The Labute approximate surface area is 410 Å². The Bertz CT molecular complexity index is 3630. The fourth-order valence-corrected chi connectivity index (χ4v) is 12.4. The Hall–Kier alpha value is -8.78. The first kappa shape index (κ1) is 41.4. The van der Waals surface area contributed by atoms with Crippen molar-refractivity contribution in [3.63, 3.8) is 0 Å². The number of para-hydroxylation sites is 1. The number of rotatable bonds is 4. The average Bonchev–Trinajstić information content (AvgIpc) is 3.40. The van der Waals surface area contributed by atoms with Crippen molar-refractivity contribution in [2.75, 3.05) is 9.80 Å². The summed E-state index contributed by atoms with van der Waals surface area (Å²) in [5.41, 5.74) is 24.6. The first-order chi connectivity index (χ1) is 34.3. The SMILES string of the molecule is Cc1ccc2c(c1)C1(c3cc(C)ccc3N2c2ccccc2)c2ccccc2C2(c3cc(C)ccc3N(c3ccc(-c4cncc(-c5ccccc5)c4C#N)cc3)c3ccc(C)cc32)c2ccccc21. The van der Waals surface area contributed by atoms with Crippen molar-refractivity contribution >= 4 is 34.1 Å². The molecule has 0 N–H and O–H groups in total. The summed E-state index contributed by atoms with van der Waals surface area (Å²) in [5, 5.41) is 10.6. The minimum absolute atomic E-state index is 0.615. The van der Waals surface area contributed by atoms with Crippen LogP contribution in [0.1, 0.15) is 72.3 Å². The zero-order valence-electron chi connectivity index (χ0n) is 39.6. The van der Waals surface area contributed by atoms with E-state index in [9.17, 15) is 5.26 Å². The van der Waals surface area contributed by atoms with Gasteiger partial charge in [0.25, 0.3) is 0 Å². The number of pyridine rings is 1. The van der Waals surface area contributed by atoms with Gasteiger partial charge in [-0.2, -0.15) is 5.26 Å². The minimum atomic E-state index is -0.701. The predicted octanol–water partition coefficient (Wildman–Crippen LogP) is 16.2. The summed E-state index contributed by atoms with van der Waals surface area (Å²) in [7, 11) is 0. The Morgan fingerprint density at radius 2 is 0.686 bits per heavy atom. The molecule has 70 heavy (non-hydrogen) atoms. The number of benzene rings is 9. The minimum Gasteiger partial charge on any atom is -0.310 e. The van der Waals surface area contributed by atoms with Crippen LogP contribution < -0.4 is 9.80 Å². The number of hydrogen-bond donors (Lipinski definition) is 0. The number of nitriles is 1. The average molecular weight is 897 g/mol. The van der Waals surface area contributed by atoms with Crippen molar-refractivity contribution in [2.24, 2.45) is 0 Å². The van der Waals surface area contributed by atoms with Crippen LogP contribution >= 0.6 is 0 Å². The van der Waals surface area contributed by atoms with Gasteiger partial charge in [-0.25, -0.2) is 0 Å². The largest absolute Gasteiger partial charge is 0.310 e. The molecule has 332 valence electrons. The molecule has 0 atom stereocenters. The van der Waals surface area contributed by atoms with E-state index in [4.69, 9.17) is 0 Å². The highest BCUT2D eigenvalue weighted by molar-refractivity contribution is 5.96. The molecule has 0 bridgehead atoms. The Morgan fingerprint density at radius 1 is 0.357 bits per heavy atom. The lowest BCUT2D eigenvalue weighted by Crippen LogP contribution is -2.49. The smallest absolute Gasteiger partial charge is 0.101 e. The Morgan fingerprint density at radius 3 is 1.06 bits per heavy atom. The number of fused-ring (bicyclic) bond motifs is 14. The molecular weight excluding hydrogens is 849 g/mol. The fraction of sp³-hybridized carbons (Fsp3) is 0.0909. The summed E-state index contributed by atoms with van der Waals surface area (Å²) in [6.07, 6.45) is 3.61. The molecule has 2 spiro atoms. The van der Waals surface area contributed by atoms with E-state index < -0.39 is 10.8 Å². The molecule has 4 heteroatoms. The molecule has 4 nitrogen and oxygen atoms in total. The lowest BCUT2D eigenvalue weighted by atomic mass is 9.48. The molecule has 3 aliphatic rings. The molecule has 2 aliphatic heterocycles. The molecule has 0 radical (unpaired) electrons. The van der Waals surface area contributed by atoms with Crippen LogP contribution in [-0.4, -0.2) is 4.98 Å². The van der Waals surface area contributed by atoms with E-state index in [1.807, 2.05) is 36.5 Å². The van der Waals surface area contributed by atoms with Crippen LogP contribution in [0.2, 0.25) is 0 Å². The van der Waals surface area contributed by atoms with Gasteiger partial charge < -0.3 is 9.80 Å². The van der Waals surface area contributed by atoms with Crippen LogP contribution in [0.15, 0.2) is 219 Å². The maximum atomic E-state index is 10.6. The van der Waals surface area contributed by atoms with Crippen molar-refractivity contribution in [1.29, 1.82) is 5.26 Å². The van der Waals surface area contributed by atoms with Gasteiger partial charge in [-0.3, -0.25) is 4.98 Å². The van der Waals surface area contributed by atoms with Gasteiger partial charge in [0, 0.05) is 34.9 Å². The highest BCUT2D eigenvalue weighted by atomic mass is 15.2. The maximum Gasteiger partial charge on any atom is 0.101 e. The number of nitrogens with zero attached hydrogens (tertiary/aromatic N) is 4. The zero-order valence-corrected chi connectivity index (χ0v) is 39.6. The van der Waals surface area contributed by atoms with Crippen molar-refractivity contribution in [2.45, 2.75) is 38.5 Å². The van der Waals surface area contributed by atoms with Gasteiger partial charge in [0.1, 0.15) is 6.07 Å². The summed E-state index contributed by atoms with van der Waals surface area (Å²) < 4.78 is 0. The van der Waals surface area contributed by atoms with Crippen LogP contribution in [0.25, 0.3) is 22.3 Å². The summed E-state index contributed by atoms with van der Waals surface area (Å²) in [6.45, 7) is 8.91. The number of anilines is 6.